The lowest BCUT2D eigenvalue weighted by Crippen LogP contribution is -2.32. The predicted octanol–water partition coefficient (Wildman–Crippen LogP) is 4.84. The molecule has 0 saturated carbocycles. The van der Waals surface area contributed by atoms with Crippen LogP contribution in [0.4, 0.5) is 5.69 Å². The van der Waals surface area contributed by atoms with Crippen molar-refractivity contribution in [2.24, 2.45) is 5.92 Å². The van der Waals surface area contributed by atoms with E-state index in [4.69, 9.17) is 23.8 Å². The maximum Gasteiger partial charge on any atom is 0.170 e. The van der Waals surface area contributed by atoms with Crippen LogP contribution in [-0.2, 0) is 0 Å². The van der Waals surface area contributed by atoms with Crippen molar-refractivity contribution in [1.29, 1.82) is 0 Å². The van der Waals surface area contributed by atoms with Crippen LogP contribution in [0.5, 0.6) is 0 Å². The van der Waals surface area contributed by atoms with E-state index in [0.717, 1.165) is 17.3 Å². The van der Waals surface area contributed by atoms with E-state index >= 15 is 0 Å². The van der Waals surface area contributed by atoms with Crippen LogP contribution in [0.15, 0.2) is 24.3 Å². The molecule has 0 aromatic heterocycles. The first-order valence-electron chi connectivity index (χ1n) is 6.96. The number of hydrogen-bond acceptors (Lipinski definition) is 1. The number of benzene rings is 1. The first kappa shape index (κ1) is 16.3. The van der Waals surface area contributed by atoms with Crippen LogP contribution >= 0.6 is 23.8 Å². The van der Waals surface area contributed by atoms with E-state index in [1.807, 2.05) is 24.3 Å². The summed E-state index contributed by atoms with van der Waals surface area (Å²) in [5.41, 5.74) is 0.962. The minimum Gasteiger partial charge on any atom is -0.362 e. The van der Waals surface area contributed by atoms with E-state index in [9.17, 15) is 0 Å². The smallest absolute Gasteiger partial charge is 0.170 e. The third-order valence-corrected chi connectivity index (χ3v) is 3.70. The van der Waals surface area contributed by atoms with Gasteiger partial charge in [0.1, 0.15) is 0 Å². The predicted molar refractivity (Wildman–Crippen MR) is 89.0 cm³/mol. The number of halogens is 1. The summed E-state index contributed by atoms with van der Waals surface area (Å²) < 4.78 is 0. The molecule has 0 fully saturated rings. The van der Waals surface area contributed by atoms with Crippen LogP contribution in [-0.4, -0.2) is 11.7 Å². The molecule has 1 atom stereocenters. The topological polar surface area (TPSA) is 24.1 Å². The molecule has 0 unspecified atom stereocenters. The Morgan fingerprint density at radius 3 is 2.53 bits per heavy atom. The van der Waals surface area contributed by atoms with Crippen molar-refractivity contribution in [2.45, 2.75) is 39.5 Å². The molecule has 0 saturated heterocycles. The SMILES string of the molecule is CCCC[C@@H](CC)CNC(=S)Nc1ccc(Cl)cc1. The second-order valence-corrected chi connectivity index (χ2v) is 5.60. The number of thiocarbonyl (C=S) groups is 1. The van der Waals surface area contributed by atoms with E-state index in [2.05, 4.69) is 24.5 Å². The summed E-state index contributed by atoms with van der Waals surface area (Å²) in [5, 5.41) is 7.87. The zero-order valence-electron chi connectivity index (χ0n) is 11.7. The summed E-state index contributed by atoms with van der Waals surface area (Å²) in [6.45, 7) is 5.40. The van der Waals surface area contributed by atoms with E-state index < -0.39 is 0 Å². The Kier molecular flexibility index (Phi) is 7.84. The van der Waals surface area contributed by atoms with Crippen LogP contribution < -0.4 is 10.6 Å². The zero-order valence-corrected chi connectivity index (χ0v) is 13.3. The molecular weight excluding hydrogens is 276 g/mol. The minimum absolute atomic E-state index is 0.678. The molecule has 0 radical (unpaired) electrons. The fourth-order valence-electron chi connectivity index (χ4n) is 1.89. The lowest BCUT2D eigenvalue weighted by molar-refractivity contribution is 0.446. The molecular formula is C15H23ClN2S. The molecule has 0 heterocycles. The fourth-order valence-corrected chi connectivity index (χ4v) is 2.22. The third-order valence-electron chi connectivity index (χ3n) is 3.20. The van der Waals surface area contributed by atoms with E-state index in [0.29, 0.717) is 11.0 Å². The van der Waals surface area contributed by atoms with Crippen molar-refractivity contribution in [3.63, 3.8) is 0 Å². The number of rotatable bonds is 7. The van der Waals surface area contributed by atoms with E-state index in [1.54, 1.807) is 0 Å². The van der Waals surface area contributed by atoms with Gasteiger partial charge in [-0.1, -0.05) is 44.7 Å². The standard InChI is InChI=1S/C15H23ClN2S/c1-3-5-6-12(4-2)11-17-15(19)18-14-9-7-13(16)8-10-14/h7-10,12H,3-6,11H2,1-2H3,(H2,17,18,19)/t12-/m1/s1. The second kappa shape index (κ2) is 9.16. The lowest BCUT2D eigenvalue weighted by Gasteiger charge is -2.17. The summed E-state index contributed by atoms with van der Waals surface area (Å²) in [4.78, 5) is 0. The van der Waals surface area contributed by atoms with Crippen LogP contribution in [0.25, 0.3) is 0 Å². The van der Waals surface area contributed by atoms with Gasteiger partial charge in [-0.15, -0.1) is 0 Å². The van der Waals surface area contributed by atoms with Crippen LogP contribution in [0.1, 0.15) is 39.5 Å². The van der Waals surface area contributed by atoms with Crippen molar-refractivity contribution < 1.29 is 0 Å². The van der Waals surface area contributed by atoms with Gasteiger partial charge in [0.2, 0.25) is 0 Å². The van der Waals surface area contributed by atoms with Crippen molar-refractivity contribution in [3.8, 4) is 0 Å². The highest BCUT2D eigenvalue weighted by Gasteiger charge is 2.06. The Hall–Kier alpha value is -0.800. The summed E-state index contributed by atoms with van der Waals surface area (Å²) in [6, 6.07) is 7.54. The van der Waals surface area contributed by atoms with Crippen LogP contribution in [0.2, 0.25) is 5.02 Å². The molecule has 0 bridgehead atoms. The molecule has 1 aromatic carbocycles. The molecule has 0 aliphatic carbocycles. The second-order valence-electron chi connectivity index (χ2n) is 4.76. The average molecular weight is 299 g/mol. The molecule has 1 aromatic rings. The zero-order chi connectivity index (χ0) is 14.1. The maximum atomic E-state index is 5.84. The quantitative estimate of drug-likeness (QED) is 0.704. The van der Waals surface area contributed by atoms with Gasteiger partial charge in [-0.05, 0) is 48.8 Å². The Bertz CT molecular complexity index is 378. The highest BCUT2D eigenvalue weighted by atomic mass is 35.5. The van der Waals surface area contributed by atoms with Gasteiger partial charge < -0.3 is 10.6 Å². The Morgan fingerprint density at radius 1 is 1.26 bits per heavy atom. The summed E-state index contributed by atoms with van der Waals surface area (Å²) >= 11 is 11.1. The Labute approximate surface area is 126 Å². The van der Waals surface area contributed by atoms with Crippen molar-refractivity contribution in [3.05, 3.63) is 29.3 Å². The number of anilines is 1. The summed E-state index contributed by atoms with van der Waals surface area (Å²) in [6.07, 6.45) is 5.00. The van der Waals surface area contributed by atoms with Gasteiger partial charge >= 0.3 is 0 Å². The molecule has 0 aliphatic heterocycles. The molecule has 2 nitrogen and oxygen atoms in total. The van der Waals surface area contributed by atoms with Gasteiger partial charge in [0.05, 0.1) is 0 Å². The van der Waals surface area contributed by atoms with Crippen molar-refractivity contribution in [2.75, 3.05) is 11.9 Å². The van der Waals surface area contributed by atoms with Gasteiger partial charge in [0, 0.05) is 17.3 Å². The minimum atomic E-state index is 0.678. The first-order chi connectivity index (χ1) is 9.15. The average Bonchev–Trinajstić information content (AvgIpc) is 2.42. The van der Waals surface area contributed by atoms with Gasteiger partial charge in [-0.25, -0.2) is 0 Å². The molecule has 1 rings (SSSR count). The number of nitrogens with one attached hydrogen (secondary N) is 2. The molecule has 0 amide bonds. The van der Waals surface area contributed by atoms with E-state index in [-0.39, 0.29) is 0 Å². The fraction of sp³-hybridized carbons (Fsp3) is 0.533. The molecule has 0 aliphatic rings. The molecule has 19 heavy (non-hydrogen) atoms. The molecule has 4 heteroatoms. The highest BCUT2D eigenvalue weighted by Crippen LogP contribution is 2.14. The number of unbranched alkanes of at least 4 members (excludes halogenated alkanes) is 1. The van der Waals surface area contributed by atoms with Gasteiger partial charge in [0.15, 0.2) is 5.11 Å². The van der Waals surface area contributed by atoms with Gasteiger partial charge in [-0.2, -0.15) is 0 Å². The Morgan fingerprint density at radius 2 is 1.95 bits per heavy atom. The highest BCUT2D eigenvalue weighted by molar-refractivity contribution is 7.80. The van der Waals surface area contributed by atoms with Crippen LogP contribution in [0.3, 0.4) is 0 Å². The normalized spacial score (nSPS) is 11.9. The summed E-state index contributed by atoms with van der Waals surface area (Å²) in [7, 11) is 0. The van der Waals surface area contributed by atoms with Crippen LogP contribution in [0, 0.1) is 5.92 Å². The van der Waals surface area contributed by atoms with Crippen molar-refractivity contribution >= 4 is 34.6 Å². The van der Waals surface area contributed by atoms with Gasteiger partial charge in [-0.3, -0.25) is 0 Å². The monoisotopic (exact) mass is 298 g/mol. The maximum absolute atomic E-state index is 5.84. The summed E-state index contributed by atoms with van der Waals surface area (Å²) in [5.74, 6) is 0.699. The molecule has 2 N–H and O–H groups in total. The van der Waals surface area contributed by atoms with E-state index in [1.165, 1.54) is 25.7 Å². The Balaban J connectivity index is 2.32. The first-order valence-corrected chi connectivity index (χ1v) is 7.74. The number of hydrogen-bond donors (Lipinski definition) is 2. The van der Waals surface area contributed by atoms with Gasteiger partial charge in [0.25, 0.3) is 0 Å². The third kappa shape index (κ3) is 6.79. The molecule has 0 spiro atoms. The largest absolute Gasteiger partial charge is 0.362 e. The molecule has 106 valence electrons. The lowest BCUT2D eigenvalue weighted by atomic mass is 9.99. The van der Waals surface area contributed by atoms with Crippen molar-refractivity contribution in [1.82, 2.24) is 5.32 Å².